The highest BCUT2D eigenvalue weighted by Crippen LogP contribution is 2.44. The van der Waals surface area contributed by atoms with Crippen molar-refractivity contribution in [1.29, 1.82) is 0 Å². The molecule has 3 atom stereocenters. The Kier molecular flexibility index (Phi) is 2.45. The summed E-state index contributed by atoms with van der Waals surface area (Å²) < 4.78 is 5.30. The van der Waals surface area contributed by atoms with Crippen LogP contribution in [0.1, 0.15) is 30.5 Å². The van der Waals surface area contributed by atoms with Gasteiger partial charge in [-0.2, -0.15) is 0 Å². The number of benzene rings is 1. The first kappa shape index (κ1) is 12.0. The van der Waals surface area contributed by atoms with E-state index in [4.69, 9.17) is 4.74 Å². The van der Waals surface area contributed by atoms with Gasteiger partial charge in [0.2, 0.25) is 0 Å². The van der Waals surface area contributed by atoms with Crippen molar-refractivity contribution in [3.63, 3.8) is 0 Å². The van der Waals surface area contributed by atoms with Gasteiger partial charge in [-0.05, 0) is 24.5 Å². The number of aliphatic hydroxyl groups is 1. The third-order valence-electron chi connectivity index (χ3n) is 4.67. The van der Waals surface area contributed by atoms with Gasteiger partial charge in [-0.15, -0.1) is 0 Å². The van der Waals surface area contributed by atoms with Gasteiger partial charge in [0.25, 0.3) is 0 Å². The molecule has 0 saturated heterocycles. The molecule has 0 aromatic heterocycles. The molecule has 3 heterocycles. The second kappa shape index (κ2) is 4.09. The van der Waals surface area contributed by atoms with Crippen LogP contribution >= 0.6 is 0 Å². The molecule has 1 aromatic carbocycles. The van der Waals surface area contributed by atoms with Crippen LogP contribution in [0.5, 0.6) is 0 Å². The SMILES string of the molecule is C[C@H]1OC(=O)C2=C1N1CCc3ccccc3[C@H]1C[C@@H]2O. The van der Waals surface area contributed by atoms with E-state index in [1.807, 2.05) is 13.0 Å². The molecule has 0 aliphatic carbocycles. The third kappa shape index (κ3) is 1.48. The lowest BCUT2D eigenvalue weighted by Crippen LogP contribution is -2.43. The molecule has 0 spiro atoms. The van der Waals surface area contributed by atoms with E-state index < -0.39 is 6.10 Å². The van der Waals surface area contributed by atoms with E-state index in [9.17, 15) is 9.90 Å². The predicted octanol–water partition coefficient (Wildman–Crippen LogP) is 1.55. The Morgan fingerprint density at radius 3 is 3.00 bits per heavy atom. The van der Waals surface area contributed by atoms with Crippen molar-refractivity contribution in [2.24, 2.45) is 0 Å². The van der Waals surface area contributed by atoms with Crippen LogP contribution in [0.2, 0.25) is 0 Å². The highest BCUT2D eigenvalue weighted by atomic mass is 16.5. The summed E-state index contributed by atoms with van der Waals surface area (Å²) in [5.41, 5.74) is 4.00. The molecule has 0 bridgehead atoms. The van der Waals surface area contributed by atoms with E-state index in [1.165, 1.54) is 11.1 Å². The number of esters is 1. The van der Waals surface area contributed by atoms with Gasteiger partial charge in [-0.25, -0.2) is 4.79 Å². The maximum absolute atomic E-state index is 11.9. The zero-order chi connectivity index (χ0) is 13.9. The van der Waals surface area contributed by atoms with Crippen LogP contribution in [-0.4, -0.2) is 34.7 Å². The molecule has 4 nitrogen and oxygen atoms in total. The summed E-state index contributed by atoms with van der Waals surface area (Å²) in [5, 5.41) is 10.3. The number of cyclic esters (lactones) is 1. The van der Waals surface area contributed by atoms with Gasteiger partial charge in [-0.1, -0.05) is 24.3 Å². The first-order valence-corrected chi connectivity index (χ1v) is 7.14. The number of nitrogens with zero attached hydrogens (tertiary/aromatic N) is 1. The number of rotatable bonds is 0. The number of hydrogen-bond acceptors (Lipinski definition) is 4. The fourth-order valence-corrected chi connectivity index (χ4v) is 3.82. The maximum atomic E-state index is 11.9. The molecular weight excluding hydrogens is 254 g/mol. The summed E-state index contributed by atoms with van der Waals surface area (Å²) in [7, 11) is 0. The van der Waals surface area contributed by atoms with E-state index in [-0.39, 0.29) is 18.1 Å². The molecular formula is C16H17NO3. The Morgan fingerprint density at radius 1 is 1.35 bits per heavy atom. The van der Waals surface area contributed by atoms with E-state index in [1.54, 1.807) is 0 Å². The Bertz CT molecular complexity index is 622. The topological polar surface area (TPSA) is 49.8 Å². The highest BCUT2D eigenvalue weighted by Gasteiger charge is 2.46. The number of aliphatic hydroxyl groups excluding tert-OH is 1. The van der Waals surface area contributed by atoms with E-state index in [0.29, 0.717) is 12.0 Å². The lowest BCUT2D eigenvalue weighted by Gasteiger charge is -2.44. The summed E-state index contributed by atoms with van der Waals surface area (Å²) in [5.74, 6) is -0.350. The Hall–Kier alpha value is -1.81. The molecule has 0 amide bonds. The second-order valence-electron chi connectivity index (χ2n) is 5.76. The molecule has 20 heavy (non-hydrogen) atoms. The minimum Gasteiger partial charge on any atom is -0.453 e. The van der Waals surface area contributed by atoms with Gasteiger partial charge >= 0.3 is 5.97 Å². The van der Waals surface area contributed by atoms with Crippen LogP contribution in [0, 0.1) is 0 Å². The van der Waals surface area contributed by atoms with Crippen LogP contribution in [0.3, 0.4) is 0 Å². The number of hydrogen-bond donors (Lipinski definition) is 1. The molecule has 4 heteroatoms. The average Bonchev–Trinajstić information content (AvgIpc) is 2.75. The highest BCUT2D eigenvalue weighted by molar-refractivity contribution is 5.93. The standard InChI is InChI=1S/C16H17NO3/c1-9-15-14(16(19)20-9)13(18)8-12-11-5-3-2-4-10(11)6-7-17(12)15/h2-5,9,12-13,18H,6-8H2,1H3/t9-,12-,13+/m1/s1. The zero-order valence-corrected chi connectivity index (χ0v) is 11.4. The van der Waals surface area contributed by atoms with Crippen molar-refractivity contribution in [1.82, 2.24) is 4.90 Å². The van der Waals surface area contributed by atoms with Gasteiger partial charge in [0.15, 0.2) is 0 Å². The Labute approximate surface area is 117 Å². The van der Waals surface area contributed by atoms with Gasteiger partial charge in [0.1, 0.15) is 6.10 Å². The fraction of sp³-hybridized carbons (Fsp3) is 0.438. The van der Waals surface area contributed by atoms with Crippen LogP contribution in [0.25, 0.3) is 0 Å². The second-order valence-corrected chi connectivity index (χ2v) is 5.76. The van der Waals surface area contributed by atoms with Crippen molar-refractivity contribution in [3.8, 4) is 0 Å². The van der Waals surface area contributed by atoms with E-state index in [2.05, 4.69) is 23.1 Å². The van der Waals surface area contributed by atoms with E-state index >= 15 is 0 Å². The van der Waals surface area contributed by atoms with Gasteiger partial charge in [0, 0.05) is 13.0 Å². The summed E-state index contributed by atoms with van der Waals surface area (Å²) in [6.45, 7) is 2.77. The molecule has 3 aliphatic heterocycles. The summed E-state index contributed by atoms with van der Waals surface area (Å²) >= 11 is 0. The van der Waals surface area contributed by atoms with Crippen molar-refractivity contribution in [2.45, 2.75) is 38.0 Å². The maximum Gasteiger partial charge on any atom is 0.339 e. The molecule has 0 radical (unpaired) electrons. The number of fused-ring (bicyclic) bond motifs is 4. The molecule has 0 fully saturated rings. The number of carbonyl (C=O) groups excluding carboxylic acids is 1. The number of carbonyl (C=O) groups is 1. The summed E-state index contributed by atoms with van der Waals surface area (Å²) in [6.07, 6.45) is 0.577. The molecule has 0 unspecified atom stereocenters. The van der Waals surface area contributed by atoms with Crippen LogP contribution in [-0.2, 0) is 16.0 Å². The lowest BCUT2D eigenvalue weighted by atomic mass is 9.83. The van der Waals surface area contributed by atoms with Gasteiger partial charge in [-0.3, -0.25) is 0 Å². The predicted molar refractivity (Wildman–Crippen MR) is 72.8 cm³/mol. The number of ether oxygens (including phenoxy) is 1. The lowest BCUT2D eigenvalue weighted by molar-refractivity contribution is -0.140. The van der Waals surface area contributed by atoms with Gasteiger partial charge in [0.05, 0.1) is 23.4 Å². The molecule has 4 rings (SSSR count). The molecule has 1 N–H and O–H groups in total. The average molecular weight is 271 g/mol. The third-order valence-corrected chi connectivity index (χ3v) is 4.67. The van der Waals surface area contributed by atoms with Crippen molar-refractivity contribution in [2.75, 3.05) is 6.54 Å². The van der Waals surface area contributed by atoms with Crippen LogP contribution in [0.4, 0.5) is 0 Å². The molecule has 3 aliphatic rings. The quantitative estimate of drug-likeness (QED) is 0.727. The minimum atomic E-state index is -0.713. The van der Waals surface area contributed by atoms with Crippen molar-refractivity contribution < 1.29 is 14.6 Å². The fourth-order valence-electron chi connectivity index (χ4n) is 3.82. The first-order chi connectivity index (χ1) is 9.66. The minimum absolute atomic E-state index is 0.158. The first-order valence-electron chi connectivity index (χ1n) is 7.14. The van der Waals surface area contributed by atoms with Crippen molar-refractivity contribution in [3.05, 3.63) is 46.7 Å². The molecule has 1 aromatic rings. The molecule has 0 saturated carbocycles. The Morgan fingerprint density at radius 2 is 2.15 bits per heavy atom. The van der Waals surface area contributed by atoms with Crippen LogP contribution in [0.15, 0.2) is 35.5 Å². The van der Waals surface area contributed by atoms with Crippen molar-refractivity contribution >= 4 is 5.97 Å². The summed E-state index contributed by atoms with van der Waals surface area (Å²) in [6, 6.07) is 8.54. The largest absolute Gasteiger partial charge is 0.453 e. The van der Waals surface area contributed by atoms with Gasteiger partial charge < -0.3 is 14.7 Å². The normalized spacial score (nSPS) is 31.6. The monoisotopic (exact) mass is 271 g/mol. The Balaban J connectivity index is 1.84. The van der Waals surface area contributed by atoms with Crippen LogP contribution < -0.4 is 0 Å². The summed E-state index contributed by atoms with van der Waals surface area (Å²) in [4.78, 5) is 14.1. The smallest absolute Gasteiger partial charge is 0.339 e. The zero-order valence-electron chi connectivity index (χ0n) is 11.4. The van der Waals surface area contributed by atoms with E-state index in [0.717, 1.165) is 18.7 Å². The molecule has 104 valence electrons.